The first-order valence-corrected chi connectivity index (χ1v) is 9.46. The quantitative estimate of drug-likeness (QED) is 0.580. The van der Waals surface area contributed by atoms with Crippen molar-refractivity contribution in [3.8, 4) is 0 Å². The van der Waals surface area contributed by atoms with E-state index in [0.29, 0.717) is 12.0 Å². The monoisotopic (exact) mass is 346 g/mol. The van der Waals surface area contributed by atoms with Gasteiger partial charge in [0.15, 0.2) is 5.96 Å². The van der Waals surface area contributed by atoms with E-state index in [1.165, 1.54) is 12.0 Å². The van der Waals surface area contributed by atoms with Gasteiger partial charge in [0.2, 0.25) is 0 Å². The molecule has 0 bridgehead atoms. The molecule has 140 valence electrons. The van der Waals surface area contributed by atoms with Crippen molar-refractivity contribution >= 4 is 5.96 Å². The molecule has 2 rings (SSSR count). The SMILES string of the molecule is CCN(CC)C(CNC(=NC)N1CCC(COC)C1)c1ccccc1. The normalized spacial score (nSPS) is 19.5. The number of benzene rings is 1. The van der Waals surface area contributed by atoms with E-state index in [0.717, 1.165) is 45.3 Å². The third kappa shape index (κ3) is 5.44. The third-order valence-electron chi connectivity index (χ3n) is 5.09. The number of methoxy groups -OCH3 is 1. The fourth-order valence-electron chi connectivity index (χ4n) is 3.71. The van der Waals surface area contributed by atoms with Crippen LogP contribution in [0.2, 0.25) is 0 Å². The molecule has 0 aromatic heterocycles. The first-order valence-electron chi connectivity index (χ1n) is 9.46. The molecule has 1 N–H and O–H groups in total. The molecule has 1 aromatic rings. The molecule has 25 heavy (non-hydrogen) atoms. The van der Waals surface area contributed by atoms with Crippen LogP contribution in [0.5, 0.6) is 0 Å². The summed E-state index contributed by atoms with van der Waals surface area (Å²) in [7, 11) is 3.66. The molecule has 2 atom stereocenters. The van der Waals surface area contributed by atoms with E-state index in [4.69, 9.17) is 4.74 Å². The van der Waals surface area contributed by atoms with Gasteiger partial charge in [0, 0.05) is 39.7 Å². The van der Waals surface area contributed by atoms with Gasteiger partial charge in [0.25, 0.3) is 0 Å². The van der Waals surface area contributed by atoms with Crippen LogP contribution in [0.25, 0.3) is 0 Å². The Bertz CT molecular complexity index is 516. The van der Waals surface area contributed by atoms with Gasteiger partial charge >= 0.3 is 0 Å². The minimum atomic E-state index is 0.352. The number of nitrogens with zero attached hydrogens (tertiary/aromatic N) is 3. The number of ether oxygens (including phenoxy) is 1. The molecule has 1 fully saturated rings. The number of likely N-dealkylation sites (tertiary alicyclic amines) is 1. The van der Waals surface area contributed by atoms with Crippen LogP contribution < -0.4 is 5.32 Å². The predicted molar refractivity (Wildman–Crippen MR) is 105 cm³/mol. The fourth-order valence-corrected chi connectivity index (χ4v) is 3.71. The smallest absolute Gasteiger partial charge is 0.193 e. The molecule has 0 radical (unpaired) electrons. The second kappa shape index (κ2) is 10.4. The number of rotatable bonds is 8. The second-order valence-corrected chi connectivity index (χ2v) is 6.63. The van der Waals surface area contributed by atoms with Crippen LogP contribution in [0.15, 0.2) is 35.3 Å². The number of nitrogens with one attached hydrogen (secondary N) is 1. The summed E-state index contributed by atoms with van der Waals surface area (Å²) in [5, 5.41) is 3.62. The van der Waals surface area contributed by atoms with Crippen molar-refractivity contribution in [1.82, 2.24) is 15.1 Å². The second-order valence-electron chi connectivity index (χ2n) is 6.63. The molecule has 1 aromatic carbocycles. The van der Waals surface area contributed by atoms with Crippen molar-refractivity contribution in [2.24, 2.45) is 10.9 Å². The highest BCUT2D eigenvalue weighted by Crippen LogP contribution is 2.20. The molecule has 1 heterocycles. The van der Waals surface area contributed by atoms with Gasteiger partial charge in [-0.05, 0) is 25.1 Å². The molecule has 1 saturated heterocycles. The zero-order valence-corrected chi connectivity index (χ0v) is 16.2. The van der Waals surface area contributed by atoms with Crippen molar-refractivity contribution in [1.29, 1.82) is 0 Å². The Labute approximate surface area is 153 Å². The van der Waals surface area contributed by atoms with Crippen LogP contribution in [0.4, 0.5) is 0 Å². The molecule has 1 aliphatic heterocycles. The molecule has 0 amide bonds. The third-order valence-corrected chi connectivity index (χ3v) is 5.09. The maximum absolute atomic E-state index is 5.31. The summed E-state index contributed by atoms with van der Waals surface area (Å²) in [5.41, 5.74) is 1.35. The Hall–Kier alpha value is -1.59. The lowest BCUT2D eigenvalue weighted by atomic mass is 10.1. The van der Waals surface area contributed by atoms with E-state index < -0.39 is 0 Å². The van der Waals surface area contributed by atoms with Crippen molar-refractivity contribution in [2.75, 3.05) is 53.5 Å². The Balaban J connectivity index is 2.01. The highest BCUT2D eigenvalue weighted by molar-refractivity contribution is 5.80. The van der Waals surface area contributed by atoms with Gasteiger partial charge in [-0.1, -0.05) is 44.2 Å². The summed E-state index contributed by atoms with van der Waals surface area (Å²) in [5.74, 6) is 1.61. The van der Waals surface area contributed by atoms with Gasteiger partial charge in [0.1, 0.15) is 0 Å². The number of likely N-dealkylation sites (N-methyl/N-ethyl adjacent to an activating group) is 1. The van der Waals surface area contributed by atoms with Gasteiger partial charge in [-0.2, -0.15) is 0 Å². The standard InChI is InChI=1S/C20H34N4O/c1-5-23(6-2)19(18-10-8-7-9-11-18)14-22-20(21-3)24-13-12-17(15-24)16-25-4/h7-11,17,19H,5-6,12-16H2,1-4H3,(H,21,22). The van der Waals surface area contributed by atoms with E-state index in [9.17, 15) is 0 Å². The summed E-state index contributed by atoms with van der Waals surface area (Å²) in [4.78, 5) is 9.36. The molecule has 0 spiro atoms. The lowest BCUT2D eigenvalue weighted by molar-refractivity contribution is 0.157. The van der Waals surface area contributed by atoms with Crippen LogP contribution >= 0.6 is 0 Å². The highest BCUT2D eigenvalue weighted by atomic mass is 16.5. The van der Waals surface area contributed by atoms with Gasteiger partial charge < -0.3 is 15.0 Å². The minimum Gasteiger partial charge on any atom is -0.384 e. The lowest BCUT2D eigenvalue weighted by Crippen LogP contribution is -2.44. The van der Waals surface area contributed by atoms with Crippen molar-refractivity contribution in [2.45, 2.75) is 26.3 Å². The van der Waals surface area contributed by atoms with Gasteiger partial charge in [-0.25, -0.2) is 0 Å². The molecule has 0 aliphatic carbocycles. The lowest BCUT2D eigenvalue weighted by Gasteiger charge is -2.32. The summed E-state index contributed by atoms with van der Waals surface area (Å²) in [6.45, 7) is 10.3. The van der Waals surface area contributed by atoms with Crippen LogP contribution in [0, 0.1) is 5.92 Å². The topological polar surface area (TPSA) is 40.1 Å². The van der Waals surface area contributed by atoms with Crippen LogP contribution in [0.1, 0.15) is 31.9 Å². The van der Waals surface area contributed by atoms with Gasteiger partial charge in [0.05, 0.1) is 12.6 Å². The maximum Gasteiger partial charge on any atom is 0.193 e. The van der Waals surface area contributed by atoms with Crippen molar-refractivity contribution < 1.29 is 4.74 Å². The van der Waals surface area contributed by atoms with Crippen LogP contribution in [-0.2, 0) is 4.74 Å². The molecule has 2 unspecified atom stereocenters. The van der Waals surface area contributed by atoms with Crippen LogP contribution in [0.3, 0.4) is 0 Å². The summed E-state index contributed by atoms with van der Waals surface area (Å²) in [6.07, 6.45) is 1.17. The van der Waals surface area contributed by atoms with Crippen molar-refractivity contribution in [3.63, 3.8) is 0 Å². The average molecular weight is 347 g/mol. The first-order chi connectivity index (χ1) is 12.2. The fraction of sp³-hybridized carbons (Fsp3) is 0.650. The molecule has 5 heteroatoms. The number of hydrogen-bond donors (Lipinski definition) is 1. The van der Waals surface area contributed by atoms with E-state index in [1.54, 1.807) is 7.11 Å². The number of aliphatic imine (C=N–C) groups is 1. The average Bonchev–Trinajstić information content (AvgIpc) is 3.11. The van der Waals surface area contributed by atoms with E-state index in [-0.39, 0.29) is 0 Å². The predicted octanol–water partition coefficient (Wildman–Crippen LogP) is 2.61. The van der Waals surface area contributed by atoms with E-state index in [2.05, 4.69) is 64.3 Å². The van der Waals surface area contributed by atoms with Gasteiger partial charge in [-0.3, -0.25) is 9.89 Å². The van der Waals surface area contributed by atoms with Crippen LogP contribution in [-0.4, -0.2) is 69.2 Å². The number of hydrogen-bond acceptors (Lipinski definition) is 3. The first kappa shape index (κ1) is 19.7. The molecule has 0 saturated carbocycles. The molecule has 1 aliphatic rings. The molecule has 5 nitrogen and oxygen atoms in total. The summed E-state index contributed by atoms with van der Waals surface area (Å²) < 4.78 is 5.31. The minimum absolute atomic E-state index is 0.352. The molecular formula is C20H34N4O. The Morgan fingerprint density at radius 2 is 2.04 bits per heavy atom. The Morgan fingerprint density at radius 1 is 1.32 bits per heavy atom. The largest absolute Gasteiger partial charge is 0.384 e. The maximum atomic E-state index is 5.31. The summed E-state index contributed by atoms with van der Waals surface area (Å²) >= 11 is 0. The molecular weight excluding hydrogens is 312 g/mol. The zero-order chi connectivity index (χ0) is 18.1. The highest BCUT2D eigenvalue weighted by Gasteiger charge is 2.26. The van der Waals surface area contributed by atoms with E-state index >= 15 is 0 Å². The Kier molecular flexibility index (Phi) is 8.22. The zero-order valence-electron chi connectivity index (χ0n) is 16.2. The van der Waals surface area contributed by atoms with E-state index in [1.807, 2.05) is 7.05 Å². The number of guanidine groups is 1. The van der Waals surface area contributed by atoms with Crippen molar-refractivity contribution in [3.05, 3.63) is 35.9 Å². The Morgan fingerprint density at radius 3 is 2.64 bits per heavy atom. The summed E-state index contributed by atoms with van der Waals surface area (Å²) in [6, 6.07) is 11.1. The van der Waals surface area contributed by atoms with Gasteiger partial charge in [-0.15, -0.1) is 0 Å².